The molecule has 2 aromatic carbocycles. The first-order valence-corrected chi connectivity index (χ1v) is 6.80. The van der Waals surface area contributed by atoms with Gasteiger partial charge in [0, 0.05) is 17.3 Å². The number of thiocarbonyl (C=S) groups is 1. The van der Waals surface area contributed by atoms with E-state index in [4.69, 9.17) is 27.4 Å². The summed E-state index contributed by atoms with van der Waals surface area (Å²) in [6.45, 7) is 1.04. The molecule has 0 bridgehead atoms. The average molecular weight is 304 g/mol. The van der Waals surface area contributed by atoms with Crippen molar-refractivity contribution in [3.8, 4) is 11.5 Å². The van der Waals surface area contributed by atoms with Gasteiger partial charge in [0.1, 0.15) is 24.0 Å². The maximum Gasteiger partial charge on any atom is 0.163 e. The van der Waals surface area contributed by atoms with Crippen molar-refractivity contribution in [3.05, 3.63) is 47.8 Å². The van der Waals surface area contributed by atoms with Gasteiger partial charge in [-0.2, -0.15) is 0 Å². The van der Waals surface area contributed by atoms with Crippen LogP contribution in [0.1, 0.15) is 5.56 Å². The smallest absolute Gasteiger partial charge is 0.163 e. The lowest BCUT2D eigenvalue weighted by Crippen LogP contribution is -2.15. The minimum absolute atomic E-state index is 0.166. The van der Waals surface area contributed by atoms with Gasteiger partial charge in [0.2, 0.25) is 0 Å². The first-order valence-electron chi connectivity index (χ1n) is 6.39. The fraction of sp³-hybridized carbons (Fsp3) is 0.133. The Balaban J connectivity index is 1.85. The summed E-state index contributed by atoms with van der Waals surface area (Å²) in [4.78, 5) is 0.166. The van der Waals surface area contributed by atoms with E-state index in [2.05, 4.69) is 5.32 Å². The molecule has 1 aliphatic heterocycles. The molecule has 0 fully saturated rings. The van der Waals surface area contributed by atoms with Gasteiger partial charge in [-0.05, 0) is 30.3 Å². The van der Waals surface area contributed by atoms with Crippen LogP contribution in [0.2, 0.25) is 0 Å². The van der Waals surface area contributed by atoms with E-state index in [1.54, 1.807) is 30.3 Å². The van der Waals surface area contributed by atoms with Crippen LogP contribution in [0.3, 0.4) is 0 Å². The molecule has 108 valence electrons. The van der Waals surface area contributed by atoms with Crippen LogP contribution in [0, 0.1) is 5.82 Å². The molecule has 0 atom stereocenters. The number of hydrogen-bond donors (Lipinski definition) is 2. The van der Waals surface area contributed by atoms with E-state index < -0.39 is 5.82 Å². The largest absolute Gasteiger partial charge is 0.486 e. The van der Waals surface area contributed by atoms with Gasteiger partial charge in [0.15, 0.2) is 11.5 Å². The first-order chi connectivity index (χ1) is 10.1. The Morgan fingerprint density at radius 3 is 2.57 bits per heavy atom. The van der Waals surface area contributed by atoms with E-state index in [1.165, 1.54) is 6.07 Å². The lowest BCUT2D eigenvalue weighted by atomic mass is 10.2. The van der Waals surface area contributed by atoms with Crippen molar-refractivity contribution in [2.45, 2.75) is 0 Å². The van der Waals surface area contributed by atoms with Crippen LogP contribution in [-0.4, -0.2) is 18.2 Å². The van der Waals surface area contributed by atoms with Gasteiger partial charge in [0.25, 0.3) is 0 Å². The normalized spacial score (nSPS) is 12.8. The van der Waals surface area contributed by atoms with Gasteiger partial charge >= 0.3 is 0 Å². The van der Waals surface area contributed by atoms with Crippen molar-refractivity contribution < 1.29 is 13.9 Å². The summed E-state index contributed by atoms with van der Waals surface area (Å²) < 4.78 is 24.9. The number of nitrogens with two attached hydrogens (primary N) is 1. The Bertz CT molecular complexity index is 706. The van der Waals surface area contributed by atoms with E-state index in [1.807, 2.05) is 0 Å². The van der Waals surface area contributed by atoms with Gasteiger partial charge in [-0.25, -0.2) is 4.39 Å². The maximum absolute atomic E-state index is 14.0. The molecule has 0 amide bonds. The molecule has 0 saturated heterocycles. The zero-order chi connectivity index (χ0) is 14.8. The summed E-state index contributed by atoms with van der Waals surface area (Å²) in [5.41, 5.74) is 7.02. The number of halogens is 1. The van der Waals surface area contributed by atoms with Crippen molar-refractivity contribution in [1.82, 2.24) is 0 Å². The van der Waals surface area contributed by atoms with E-state index in [0.29, 0.717) is 41.7 Å². The predicted octanol–water partition coefficient (Wildman–Crippen LogP) is 2.97. The third-order valence-corrected chi connectivity index (χ3v) is 3.31. The predicted molar refractivity (Wildman–Crippen MR) is 83.0 cm³/mol. The first kappa shape index (κ1) is 13.6. The molecule has 4 nitrogen and oxygen atoms in total. The van der Waals surface area contributed by atoms with Crippen LogP contribution >= 0.6 is 12.2 Å². The molecule has 0 spiro atoms. The van der Waals surface area contributed by atoms with Crippen LogP contribution in [0.5, 0.6) is 11.5 Å². The Morgan fingerprint density at radius 1 is 1.10 bits per heavy atom. The molecule has 21 heavy (non-hydrogen) atoms. The minimum atomic E-state index is -0.421. The van der Waals surface area contributed by atoms with Crippen molar-refractivity contribution in [1.29, 1.82) is 0 Å². The molecule has 0 radical (unpaired) electrons. The van der Waals surface area contributed by atoms with Crippen LogP contribution in [-0.2, 0) is 0 Å². The molecule has 3 N–H and O–H groups in total. The number of nitrogens with one attached hydrogen (secondary N) is 1. The van der Waals surface area contributed by atoms with E-state index in [9.17, 15) is 4.39 Å². The topological polar surface area (TPSA) is 56.5 Å². The molecule has 0 unspecified atom stereocenters. The summed E-state index contributed by atoms with van der Waals surface area (Å²) in [7, 11) is 0. The third-order valence-electron chi connectivity index (χ3n) is 3.07. The quantitative estimate of drug-likeness (QED) is 0.854. The SMILES string of the molecule is NC(=S)c1ccc(Nc2ccc3c(c2)OCCO3)c(F)c1. The van der Waals surface area contributed by atoms with Gasteiger partial charge in [0.05, 0.1) is 5.69 Å². The standard InChI is InChI=1S/C15H13FN2O2S/c16-11-7-9(15(17)21)1-3-12(11)18-10-2-4-13-14(8-10)20-6-5-19-13/h1-4,7-8,18H,5-6H2,(H2,17,21). The number of hydrogen-bond acceptors (Lipinski definition) is 4. The highest BCUT2D eigenvalue weighted by Gasteiger charge is 2.12. The van der Waals surface area contributed by atoms with Crippen molar-refractivity contribution >= 4 is 28.6 Å². The summed E-state index contributed by atoms with van der Waals surface area (Å²) in [6, 6.07) is 9.94. The zero-order valence-electron chi connectivity index (χ0n) is 11.1. The van der Waals surface area contributed by atoms with Crippen LogP contribution in [0.15, 0.2) is 36.4 Å². The second kappa shape index (κ2) is 5.57. The maximum atomic E-state index is 14.0. The summed E-state index contributed by atoms with van der Waals surface area (Å²) in [5, 5.41) is 2.99. The zero-order valence-corrected chi connectivity index (χ0v) is 11.9. The Kier molecular flexibility index (Phi) is 3.62. The van der Waals surface area contributed by atoms with Crippen LogP contribution < -0.4 is 20.5 Å². The number of benzene rings is 2. The number of ether oxygens (including phenoxy) is 2. The molecule has 0 aliphatic carbocycles. The van der Waals surface area contributed by atoms with Gasteiger partial charge in [-0.3, -0.25) is 0 Å². The molecular formula is C15H13FN2O2S. The fourth-order valence-electron chi connectivity index (χ4n) is 2.05. The molecule has 2 aromatic rings. The fourth-order valence-corrected chi connectivity index (χ4v) is 2.17. The summed E-state index contributed by atoms with van der Waals surface area (Å²) in [6.07, 6.45) is 0. The Morgan fingerprint density at radius 2 is 1.86 bits per heavy atom. The van der Waals surface area contributed by atoms with E-state index in [-0.39, 0.29) is 4.99 Å². The highest BCUT2D eigenvalue weighted by Crippen LogP contribution is 2.34. The van der Waals surface area contributed by atoms with E-state index in [0.717, 1.165) is 0 Å². The van der Waals surface area contributed by atoms with Crippen molar-refractivity contribution in [2.24, 2.45) is 5.73 Å². The minimum Gasteiger partial charge on any atom is -0.486 e. The molecular weight excluding hydrogens is 291 g/mol. The molecule has 6 heteroatoms. The molecule has 1 heterocycles. The second-order valence-corrected chi connectivity index (χ2v) is 4.98. The van der Waals surface area contributed by atoms with E-state index >= 15 is 0 Å². The van der Waals surface area contributed by atoms with Gasteiger partial charge in [-0.15, -0.1) is 0 Å². The molecule has 3 rings (SSSR count). The van der Waals surface area contributed by atoms with Crippen LogP contribution in [0.4, 0.5) is 15.8 Å². The third kappa shape index (κ3) is 2.90. The Labute approximate surface area is 126 Å². The highest BCUT2D eigenvalue weighted by molar-refractivity contribution is 7.80. The summed E-state index contributed by atoms with van der Waals surface area (Å²) >= 11 is 4.82. The van der Waals surface area contributed by atoms with Crippen molar-refractivity contribution in [2.75, 3.05) is 18.5 Å². The number of anilines is 2. The highest BCUT2D eigenvalue weighted by atomic mass is 32.1. The van der Waals surface area contributed by atoms with Crippen molar-refractivity contribution in [3.63, 3.8) is 0 Å². The number of fused-ring (bicyclic) bond motifs is 1. The average Bonchev–Trinajstić information content (AvgIpc) is 2.49. The Hall–Kier alpha value is -2.34. The molecule has 0 saturated carbocycles. The van der Waals surface area contributed by atoms with Crippen LogP contribution in [0.25, 0.3) is 0 Å². The van der Waals surface area contributed by atoms with Gasteiger partial charge < -0.3 is 20.5 Å². The summed E-state index contributed by atoms with van der Waals surface area (Å²) in [5.74, 6) is 0.915. The molecule has 1 aliphatic rings. The lowest BCUT2D eigenvalue weighted by Gasteiger charge is -2.19. The second-order valence-electron chi connectivity index (χ2n) is 4.54. The van der Waals surface area contributed by atoms with Gasteiger partial charge in [-0.1, -0.05) is 12.2 Å². The molecule has 0 aromatic heterocycles. The monoisotopic (exact) mass is 304 g/mol. The lowest BCUT2D eigenvalue weighted by molar-refractivity contribution is 0.171. The number of rotatable bonds is 3.